The Labute approximate surface area is 113 Å². The van der Waals surface area contributed by atoms with E-state index < -0.39 is 0 Å². The minimum atomic E-state index is -0.0272. The van der Waals surface area contributed by atoms with E-state index in [1.165, 1.54) is 18.5 Å². The largest absolute Gasteiger partial charge is 0.366 e. The Hall–Kier alpha value is -1.77. The highest BCUT2D eigenvalue weighted by Gasteiger charge is 2.27. The number of aryl methyl sites for hydroxylation is 1. The molecule has 1 aromatic heterocycles. The number of aromatic nitrogens is 1. The molecule has 1 aromatic carbocycles. The van der Waals surface area contributed by atoms with Crippen LogP contribution in [0.1, 0.15) is 32.3 Å². The summed E-state index contributed by atoms with van der Waals surface area (Å²) >= 11 is 0. The van der Waals surface area contributed by atoms with E-state index in [-0.39, 0.29) is 5.56 Å². The van der Waals surface area contributed by atoms with Gasteiger partial charge in [-0.3, -0.25) is 4.79 Å². The van der Waals surface area contributed by atoms with Crippen LogP contribution in [0.5, 0.6) is 0 Å². The molecule has 0 saturated carbocycles. The van der Waals surface area contributed by atoms with E-state index in [2.05, 4.69) is 35.9 Å². The van der Waals surface area contributed by atoms with Crippen LogP contribution in [0.2, 0.25) is 0 Å². The highest BCUT2D eigenvalue weighted by molar-refractivity contribution is 5.85. The Kier molecular flexibility index (Phi) is 2.85. The molecule has 0 spiro atoms. The van der Waals surface area contributed by atoms with Gasteiger partial charge in [0.1, 0.15) is 0 Å². The summed E-state index contributed by atoms with van der Waals surface area (Å²) in [5.74, 6) is 0. The quantitative estimate of drug-likeness (QED) is 0.850. The lowest BCUT2D eigenvalue weighted by molar-refractivity contribution is 0.694. The van der Waals surface area contributed by atoms with Gasteiger partial charge >= 0.3 is 0 Å². The summed E-state index contributed by atoms with van der Waals surface area (Å²) in [6.07, 6.45) is 2.51. The molecule has 1 aliphatic heterocycles. The van der Waals surface area contributed by atoms with Gasteiger partial charge in [-0.1, -0.05) is 0 Å². The Morgan fingerprint density at radius 1 is 1.16 bits per heavy atom. The van der Waals surface area contributed by atoms with Crippen molar-refractivity contribution < 1.29 is 0 Å². The van der Waals surface area contributed by atoms with E-state index >= 15 is 0 Å². The molecule has 0 radical (unpaired) electrons. The molecule has 1 saturated heterocycles. The van der Waals surface area contributed by atoms with Crippen LogP contribution in [0.25, 0.3) is 10.9 Å². The fourth-order valence-electron chi connectivity index (χ4n) is 3.28. The van der Waals surface area contributed by atoms with Gasteiger partial charge in [0, 0.05) is 34.7 Å². The Balaban J connectivity index is 2.14. The standard InChI is InChI=1S/C16H20N2O/c1-10-8-16(19)17-15-7-6-13(9-14(10)15)18-11(2)4-5-12(18)3/h6-9,11-12H,4-5H2,1-3H3,(H,17,19). The lowest BCUT2D eigenvalue weighted by atomic mass is 10.1. The monoisotopic (exact) mass is 256 g/mol. The highest BCUT2D eigenvalue weighted by atomic mass is 16.1. The number of fused-ring (bicyclic) bond motifs is 1. The molecule has 2 unspecified atom stereocenters. The van der Waals surface area contributed by atoms with Crippen molar-refractivity contribution in [3.05, 3.63) is 40.2 Å². The Morgan fingerprint density at radius 3 is 2.53 bits per heavy atom. The van der Waals surface area contributed by atoms with Crippen LogP contribution in [0.4, 0.5) is 5.69 Å². The van der Waals surface area contributed by atoms with Crippen LogP contribution < -0.4 is 10.5 Å². The molecular weight excluding hydrogens is 236 g/mol. The molecule has 2 aromatic rings. The number of aromatic amines is 1. The molecule has 2 heterocycles. The molecule has 3 rings (SSSR count). The van der Waals surface area contributed by atoms with Gasteiger partial charge in [0.25, 0.3) is 0 Å². The predicted octanol–water partition coefficient (Wildman–Crippen LogP) is 3.21. The topological polar surface area (TPSA) is 36.1 Å². The minimum absolute atomic E-state index is 0.0272. The number of rotatable bonds is 1. The van der Waals surface area contributed by atoms with Crippen molar-refractivity contribution >= 4 is 16.6 Å². The van der Waals surface area contributed by atoms with Crippen molar-refractivity contribution in [1.29, 1.82) is 0 Å². The fraction of sp³-hybridized carbons (Fsp3) is 0.438. The summed E-state index contributed by atoms with van der Waals surface area (Å²) in [6, 6.07) is 9.21. The summed E-state index contributed by atoms with van der Waals surface area (Å²) in [5, 5.41) is 1.14. The Morgan fingerprint density at radius 2 is 1.84 bits per heavy atom. The predicted molar refractivity (Wildman–Crippen MR) is 79.9 cm³/mol. The van der Waals surface area contributed by atoms with Crippen molar-refractivity contribution in [3.8, 4) is 0 Å². The average molecular weight is 256 g/mol. The van der Waals surface area contributed by atoms with Crippen molar-refractivity contribution in [2.45, 2.75) is 45.7 Å². The van der Waals surface area contributed by atoms with Gasteiger partial charge in [0.05, 0.1) is 0 Å². The van der Waals surface area contributed by atoms with E-state index in [0.717, 1.165) is 16.5 Å². The number of hydrogen-bond donors (Lipinski definition) is 1. The molecule has 2 atom stereocenters. The van der Waals surface area contributed by atoms with Crippen LogP contribution in [-0.4, -0.2) is 17.1 Å². The van der Waals surface area contributed by atoms with Gasteiger partial charge in [-0.2, -0.15) is 0 Å². The number of anilines is 1. The van der Waals surface area contributed by atoms with Crippen LogP contribution in [0, 0.1) is 6.92 Å². The SMILES string of the molecule is Cc1cc(=O)[nH]c2ccc(N3C(C)CCC3C)cc12. The molecular formula is C16H20N2O. The maximum Gasteiger partial charge on any atom is 0.248 e. The van der Waals surface area contributed by atoms with Gasteiger partial charge in [0.15, 0.2) is 0 Å². The molecule has 1 aliphatic rings. The maximum absolute atomic E-state index is 11.5. The lowest BCUT2D eigenvalue weighted by Crippen LogP contribution is -2.32. The third-order valence-electron chi connectivity index (χ3n) is 4.28. The number of H-pyrrole nitrogens is 1. The zero-order chi connectivity index (χ0) is 13.6. The van der Waals surface area contributed by atoms with Crippen molar-refractivity contribution in [1.82, 2.24) is 4.98 Å². The minimum Gasteiger partial charge on any atom is -0.366 e. The van der Waals surface area contributed by atoms with Crippen molar-refractivity contribution in [3.63, 3.8) is 0 Å². The normalized spacial score (nSPS) is 23.2. The summed E-state index contributed by atoms with van der Waals surface area (Å²) < 4.78 is 0. The van der Waals surface area contributed by atoms with E-state index in [4.69, 9.17) is 0 Å². The molecule has 0 amide bonds. The highest BCUT2D eigenvalue weighted by Crippen LogP contribution is 2.32. The van der Waals surface area contributed by atoms with Gasteiger partial charge in [-0.15, -0.1) is 0 Å². The molecule has 1 fully saturated rings. The molecule has 1 N–H and O–H groups in total. The van der Waals surface area contributed by atoms with Gasteiger partial charge in [0.2, 0.25) is 5.56 Å². The summed E-state index contributed by atoms with van der Waals surface area (Å²) in [7, 11) is 0. The molecule has 19 heavy (non-hydrogen) atoms. The molecule has 3 heteroatoms. The van der Waals surface area contributed by atoms with Gasteiger partial charge in [-0.05, 0) is 57.4 Å². The van der Waals surface area contributed by atoms with Crippen LogP contribution in [0.3, 0.4) is 0 Å². The fourth-order valence-corrected chi connectivity index (χ4v) is 3.28. The third-order valence-corrected chi connectivity index (χ3v) is 4.28. The lowest BCUT2D eigenvalue weighted by Gasteiger charge is -2.29. The number of nitrogens with one attached hydrogen (secondary N) is 1. The molecule has 100 valence electrons. The first-order valence-electron chi connectivity index (χ1n) is 6.98. The third kappa shape index (κ3) is 2.03. The first-order valence-corrected chi connectivity index (χ1v) is 6.98. The van der Waals surface area contributed by atoms with Gasteiger partial charge < -0.3 is 9.88 Å². The summed E-state index contributed by atoms with van der Waals surface area (Å²) in [4.78, 5) is 16.9. The first kappa shape index (κ1) is 12.3. The zero-order valence-corrected chi connectivity index (χ0v) is 11.7. The van der Waals surface area contributed by atoms with E-state index in [1.807, 2.05) is 13.0 Å². The second-order valence-electron chi connectivity index (χ2n) is 5.73. The number of nitrogens with zero attached hydrogens (tertiary/aromatic N) is 1. The van der Waals surface area contributed by atoms with Crippen LogP contribution in [-0.2, 0) is 0 Å². The van der Waals surface area contributed by atoms with Crippen LogP contribution in [0.15, 0.2) is 29.1 Å². The molecule has 0 bridgehead atoms. The van der Waals surface area contributed by atoms with Gasteiger partial charge in [-0.25, -0.2) is 0 Å². The maximum atomic E-state index is 11.5. The first-order chi connectivity index (χ1) is 9.06. The number of benzene rings is 1. The molecule has 3 nitrogen and oxygen atoms in total. The summed E-state index contributed by atoms with van der Waals surface area (Å²) in [6.45, 7) is 6.57. The Bertz CT molecular complexity index is 664. The van der Waals surface area contributed by atoms with Crippen molar-refractivity contribution in [2.75, 3.05) is 4.90 Å². The second kappa shape index (κ2) is 4.41. The van der Waals surface area contributed by atoms with E-state index in [0.29, 0.717) is 12.1 Å². The van der Waals surface area contributed by atoms with Crippen LogP contribution >= 0.6 is 0 Å². The smallest absolute Gasteiger partial charge is 0.248 e. The number of pyridine rings is 1. The summed E-state index contributed by atoms with van der Waals surface area (Å²) in [5.41, 5.74) is 3.20. The van der Waals surface area contributed by atoms with E-state index in [9.17, 15) is 4.79 Å². The molecule has 0 aliphatic carbocycles. The van der Waals surface area contributed by atoms with Crippen molar-refractivity contribution in [2.24, 2.45) is 0 Å². The number of hydrogen-bond acceptors (Lipinski definition) is 2. The zero-order valence-electron chi connectivity index (χ0n) is 11.7. The average Bonchev–Trinajstić information content (AvgIpc) is 2.69. The second-order valence-corrected chi connectivity index (χ2v) is 5.73. The van der Waals surface area contributed by atoms with E-state index in [1.54, 1.807) is 6.07 Å².